The van der Waals surface area contributed by atoms with Gasteiger partial charge in [-0.25, -0.2) is 0 Å². The van der Waals surface area contributed by atoms with Gasteiger partial charge in [0.05, 0.1) is 12.6 Å². The van der Waals surface area contributed by atoms with E-state index in [1.807, 2.05) is 0 Å². The lowest BCUT2D eigenvalue weighted by molar-refractivity contribution is -0.244. The van der Waals surface area contributed by atoms with Gasteiger partial charge < -0.3 is 25.4 Å². The molecule has 0 aliphatic carbocycles. The highest BCUT2D eigenvalue weighted by atomic mass is 16.6. The number of azide groups is 1. The van der Waals surface area contributed by atoms with Gasteiger partial charge in [-0.1, -0.05) is 5.11 Å². The molecule has 17 heavy (non-hydrogen) atoms. The standard InChI is InChI=1S/C8H14N4O5/c1-3(13)11-5-7(15)6(14)4(2-10-12-9)17-8(5)16/h4-8,14-16H,2H2,1H3,(H,11,13)/t4-,5-,6-,7-,8?/m1/s1/i1D. The highest BCUT2D eigenvalue weighted by Crippen LogP contribution is 2.20. The van der Waals surface area contributed by atoms with Crippen LogP contribution in [0.25, 0.3) is 10.4 Å². The Balaban J connectivity index is 2.70. The van der Waals surface area contributed by atoms with Gasteiger partial charge in [0.2, 0.25) is 5.91 Å². The van der Waals surface area contributed by atoms with Gasteiger partial charge in [-0.2, -0.15) is 0 Å². The first-order chi connectivity index (χ1) is 8.51. The highest BCUT2D eigenvalue weighted by Gasteiger charge is 2.43. The first-order valence-corrected chi connectivity index (χ1v) is 4.80. The predicted molar refractivity (Wildman–Crippen MR) is 54.5 cm³/mol. The van der Waals surface area contributed by atoms with Gasteiger partial charge >= 0.3 is 0 Å². The number of nitrogens with zero attached hydrogens (tertiary/aromatic N) is 3. The largest absolute Gasteiger partial charge is 0.388 e. The van der Waals surface area contributed by atoms with Crippen molar-refractivity contribution < 1.29 is 26.2 Å². The van der Waals surface area contributed by atoms with Crippen molar-refractivity contribution in [3.05, 3.63) is 10.4 Å². The zero-order valence-electron chi connectivity index (χ0n) is 9.80. The lowest BCUT2D eigenvalue weighted by Crippen LogP contribution is -2.63. The van der Waals surface area contributed by atoms with Crippen molar-refractivity contribution in [2.75, 3.05) is 6.54 Å². The summed E-state index contributed by atoms with van der Waals surface area (Å²) in [6, 6.07) is -1.24. The fourth-order valence-electron chi connectivity index (χ4n) is 1.56. The molecule has 1 saturated heterocycles. The van der Waals surface area contributed by atoms with Crippen LogP contribution in [-0.4, -0.2) is 58.4 Å². The summed E-state index contributed by atoms with van der Waals surface area (Å²) >= 11 is 0. The molecule has 0 aromatic rings. The molecule has 1 fully saturated rings. The number of hydrogen-bond donors (Lipinski definition) is 4. The van der Waals surface area contributed by atoms with Crippen LogP contribution < -0.4 is 5.32 Å². The average molecular weight is 247 g/mol. The number of ether oxygens (including phenoxy) is 1. The molecule has 9 nitrogen and oxygen atoms in total. The molecular weight excluding hydrogens is 232 g/mol. The van der Waals surface area contributed by atoms with Crippen molar-refractivity contribution in [1.82, 2.24) is 5.32 Å². The zero-order chi connectivity index (χ0) is 13.7. The van der Waals surface area contributed by atoms with E-state index in [4.69, 9.17) is 11.6 Å². The monoisotopic (exact) mass is 247 g/mol. The number of carbonyl (C=O) groups is 1. The maximum absolute atomic E-state index is 11.0. The lowest BCUT2D eigenvalue weighted by Gasteiger charge is -2.40. The van der Waals surface area contributed by atoms with Crippen LogP contribution in [0.3, 0.4) is 0 Å². The van der Waals surface area contributed by atoms with Gasteiger partial charge in [-0.3, -0.25) is 4.79 Å². The molecule has 4 N–H and O–H groups in total. The molecule has 5 atom stereocenters. The minimum Gasteiger partial charge on any atom is -0.388 e. The van der Waals surface area contributed by atoms with Gasteiger partial charge in [0.25, 0.3) is 0 Å². The molecule has 1 amide bonds. The molecule has 0 aromatic carbocycles. The Morgan fingerprint density at radius 3 is 2.88 bits per heavy atom. The Morgan fingerprint density at radius 1 is 1.59 bits per heavy atom. The third kappa shape index (κ3) is 3.29. The topological polar surface area (TPSA) is 148 Å². The van der Waals surface area contributed by atoms with E-state index in [1.54, 1.807) is 0 Å². The first-order valence-electron chi connectivity index (χ1n) is 5.51. The number of nitrogens with one attached hydrogen (secondary N) is 1. The van der Waals surface area contributed by atoms with Gasteiger partial charge in [0, 0.05) is 13.2 Å². The quantitative estimate of drug-likeness (QED) is 0.265. The minimum atomic E-state index is -1.56. The maximum Gasteiger partial charge on any atom is 0.217 e. The Morgan fingerprint density at radius 2 is 2.29 bits per heavy atom. The van der Waals surface area contributed by atoms with Crippen LogP contribution in [0.4, 0.5) is 0 Å². The second-order valence-corrected chi connectivity index (χ2v) is 3.55. The molecule has 1 rings (SSSR count). The summed E-state index contributed by atoms with van der Waals surface area (Å²) in [6.45, 7) is -0.834. The van der Waals surface area contributed by atoms with Crippen LogP contribution in [0, 0.1) is 0 Å². The summed E-state index contributed by atoms with van der Waals surface area (Å²) < 4.78 is 11.7. The van der Waals surface area contributed by atoms with Crippen molar-refractivity contribution >= 4 is 5.91 Å². The Bertz CT molecular complexity index is 350. The van der Waals surface area contributed by atoms with E-state index in [9.17, 15) is 20.1 Å². The van der Waals surface area contributed by atoms with Crippen LogP contribution in [0.1, 0.15) is 8.27 Å². The van der Waals surface area contributed by atoms with Crippen molar-refractivity contribution in [1.29, 1.82) is 0 Å². The summed E-state index contributed by atoms with van der Waals surface area (Å²) in [5, 5.41) is 34.3. The van der Waals surface area contributed by atoms with E-state index in [0.29, 0.717) is 0 Å². The van der Waals surface area contributed by atoms with E-state index < -0.39 is 43.5 Å². The Hall–Kier alpha value is -1.38. The van der Waals surface area contributed by atoms with Crippen molar-refractivity contribution in [2.24, 2.45) is 5.11 Å². The van der Waals surface area contributed by atoms with Crippen molar-refractivity contribution in [2.45, 2.75) is 37.5 Å². The number of aliphatic hydroxyl groups excluding tert-OH is 3. The number of rotatable bonds is 3. The van der Waals surface area contributed by atoms with Gasteiger partial charge in [0.15, 0.2) is 6.29 Å². The van der Waals surface area contributed by atoms with Gasteiger partial charge in [0.1, 0.15) is 18.2 Å². The van der Waals surface area contributed by atoms with Gasteiger partial charge in [-0.05, 0) is 5.53 Å². The van der Waals surface area contributed by atoms with Crippen molar-refractivity contribution in [3.63, 3.8) is 0 Å². The molecule has 96 valence electrons. The summed E-state index contributed by atoms with van der Waals surface area (Å²) in [5.41, 5.74) is 8.14. The number of amides is 1. The molecule has 0 radical (unpaired) electrons. The highest BCUT2D eigenvalue weighted by molar-refractivity contribution is 5.73. The van der Waals surface area contributed by atoms with Crippen LogP contribution in [0.2, 0.25) is 0 Å². The maximum atomic E-state index is 11.0. The molecule has 0 saturated carbocycles. The normalized spacial score (nSPS) is 37.8. The summed E-state index contributed by atoms with van der Waals surface area (Å²) in [7, 11) is 0. The average Bonchev–Trinajstić information content (AvgIpc) is 2.36. The zero-order valence-corrected chi connectivity index (χ0v) is 8.80. The lowest BCUT2D eigenvalue weighted by atomic mass is 9.97. The van der Waals surface area contributed by atoms with E-state index in [-0.39, 0.29) is 6.54 Å². The number of carbonyl (C=O) groups excluding carboxylic acids is 1. The van der Waals surface area contributed by atoms with Gasteiger partial charge in [-0.15, -0.1) is 0 Å². The minimum absolute atomic E-state index is 0.259. The molecular formula is C8H14N4O5. The van der Waals surface area contributed by atoms with Crippen molar-refractivity contribution in [3.8, 4) is 0 Å². The summed E-state index contributed by atoms with van der Waals surface area (Å²) in [6.07, 6.45) is -5.52. The Kier molecular flexibility index (Phi) is 4.13. The Labute approximate surface area is 98.0 Å². The third-order valence-electron chi connectivity index (χ3n) is 2.37. The van der Waals surface area contributed by atoms with Crippen LogP contribution >= 0.6 is 0 Å². The summed E-state index contributed by atoms with van der Waals surface area (Å²) in [4.78, 5) is 13.5. The SMILES string of the molecule is [2H]CC(=O)N[C@H]1C(O)O[C@H](CN=[N+]=[N-])[C@@H](O)[C@@H]1O. The molecule has 0 aromatic heterocycles. The molecule has 0 bridgehead atoms. The molecule has 0 spiro atoms. The number of aliphatic hydroxyl groups is 3. The third-order valence-corrected chi connectivity index (χ3v) is 2.37. The summed E-state index contributed by atoms with van der Waals surface area (Å²) in [5.74, 6) is -0.720. The smallest absolute Gasteiger partial charge is 0.217 e. The van der Waals surface area contributed by atoms with E-state index >= 15 is 0 Å². The number of hydrogen-bond acceptors (Lipinski definition) is 6. The molecule has 9 heteroatoms. The van der Waals surface area contributed by atoms with E-state index in [0.717, 1.165) is 0 Å². The molecule has 1 aliphatic rings. The van der Waals surface area contributed by atoms with Crippen LogP contribution in [0.5, 0.6) is 0 Å². The fourth-order valence-corrected chi connectivity index (χ4v) is 1.56. The molecule has 1 unspecified atom stereocenters. The first kappa shape index (κ1) is 12.1. The molecule has 1 heterocycles. The van der Waals surface area contributed by atoms with Crippen LogP contribution in [0.15, 0.2) is 5.11 Å². The molecule has 1 aliphatic heterocycles. The van der Waals surface area contributed by atoms with E-state index in [2.05, 4.69) is 15.3 Å². The second kappa shape index (κ2) is 5.80. The van der Waals surface area contributed by atoms with E-state index in [1.165, 1.54) is 0 Å². The fraction of sp³-hybridized carbons (Fsp3) is 0.875. The van der Waals surface area contributed by atoms with Crippen LogP contribution in [-0.2, 0) is 9.53 Å². The second-order valence-electron chi connectivity index (χ2n) is 3.55. The predicted octanol–water partition coefficient (Wildman–Crippen LogP) is -1.76.